The van der Waals surface area contributed by atoms with Crippen LogP contribution in [-0.4, -0.2) is 0 Å². The van der Waals surface area contributed by atoms with Crippen LogP contribution in [0, 0.1) is 29.1 Å². The van der Waals surface area contributed by atoms with Crippen LogP contribution in [0.3, 0.4) is 0 Å². The molecule has 1 rings (SSSR count). The molecule has 0 fully saturated rings. The zero-order valence-electron chi connectivity index (χ0n) is 5.78. The highest BCUT2D eigenvalue weighted by Crippen LogP contribution is 2.16. The zero-order chi connectivity index (χ0) is 8.59. The molecule has 0 heterocycles. The van der Waals surface area contributed by atoms with Crippen molar-refractivity contribution in [2.75, 3.05) is 0 Å². The Morgan fingerprint density at radius 1 is 0.615 bits per heavy atom. The van der Waals surface area contributed by atoms with E-state index in [1.807, 2.05) is 0 Å². The summed E-state index contributed by atoms with van der Waals surface area (Å²) in [5.74, 6) is -9.65. The smallest absolute Gasteiger partial charge is 0.200 e. The second-order valence-corrected chi connectivity index (χ2v) is 1.78. The number of hydrogen-bond acceptors (Lipinski definition) is 0. The maximum Gasteiger partial charge on any atom is 0.200 e. The van der Waals surface area contributed by atoms with Crippen molar-refractivity contribution in [3.63, 3.8) is 0 Å². The van der Waals surface area contributed by atoms with Crippen LogP contribution in [0.1, 0.15) is 0 Å². The maximum atomic E-state index is 12.0. The Morgan fingerprint density at radius 3 is 1.23 bits per heavy atom. The molecule has 0 nitrogen and oxygen atoms in total. The van der Waals surface area contributed by atoms with Gasteiger partial charge in [0.25, 0.3) is 0 Å². The molecule has 0 aliphatic heterocycles. The first-order valence-electron chi connectivity index (χ1n) is 2.52. The van der Waals surface area contributed by atoms with Gasteiger partial charge in [0.2, 0.25) is 5.82 Å². The molecule has 1 aromatic carbocycles. The fraction of sp³-hybridized carbons (Fsp3) is 0. The van der Waals surface area contributed by atoms with Gasteiger partial charge in [0.1, 0.15) is 0 Å². The maximum absolute atomic E-state index is 12.0. The molecule has 0 amide bonds. The number of benzene rings is 1. The van der Waals surface area contributed by atoms with E-state index in [1.165, 1.54) is 0 Å². The average Bonchev–Trinajstić information content (AvgIpc) is 1.97. The highest BCUT2D eigenvalue weighted by molar-refractivity contribution is 5.85. The van der Waals surface area contributed by atoms with E-state index < -0.39 is 29.1 Å². The van der Waals surface area contributed by atoms with E-state index in [4.69, 9.17) is 0 Å². The van der Waals surface area contributed by atoms with Crippen molar-refractivity contribution in [2.24, 2.45) is 0 Å². The fourth-order valence-corrected chi connectivity index (χ4v) is 0.544. The van der Waals surface area contributed by atoms with E-state index in [1.54, 1.807) is 0 Å². The van der Waals surface area contributed by atoms with Crippen molar-refractivity contribution in [1.29, 1.82) is 0 Å². The van der Waals surface area contributed by atoms with Crippen LogP contribution in [0.5, 0.6) is 0 Å². The van der Waals surface area contributed by atoms with Crippen molar-refractivity contribution in [1.82, 2.24) is 0 Å². The molecule has 0 aliphatic rings. The van der Waals surface area contributed by atoms with E-state index >= 15 is 0 Å². The van der Waals surface area contributed by atoms with Gasteiger partial charge in [0, 0.05) is 6.07 Å². The Hall–Kier alpha value is -0.550. The summed E-state index contributed by atoms with van der Waals surface area (Å²) in [7, 11) is 0. The first-order chi connectivity index (χ1) is 5.04. The topological polar surface area (TPSA) is 0 Å². The molecular formula is C6H3Cl2F5. The van der Waals surface area contributed by atoms with Gasteiger partial charge in [-0.05, 0) is 0 Å². The Morgan fingerprint density at radius 2 is 0.923 bits per heavy atom. The summed E-state index contributed by atoms with van der Waals surface area (Å²) >= 11 is 0. The summed E-state index contributed by atoms with van der Waals surface area (Å²) in [5.41, 5.74) is 0. The molecule has 0 saturated carbocycles. The average molecular weight is 241 g/mol. The van der Waals surface area contributed by atoms with E-state index in [-0.39, 0.29) is 30.9 Å². The van der Waals surface area contributed by atoms with E-state index in [0.717, 1.165) is 0 Å². The molecule has 1 aromatic rings. The predicted molar refractivity (Wildman–Crippen MR) is 40.7 cm³/mol. The van der Waals surface area contributed by atoms with Gasteiger partial charge in [0.05, 0.1) is 0 Å². The standard InChI is InChI=1S/C6HF5.2ClH/c7-2-1-3(8)5(10)6(11)4(2)9;;/h1H;2*1H. The van der Waals surface area contributed by atoms with Gasteiger partial charge >= 0.3 is 0 Å². The third kappa shape index (κ3) is 2.70. The van der Waals surface area contributed by atoms with Gasteiger partial charge in [0.15, 0.2) is 23.3 Å². The lowest BCUT2D eigenvalue weighted by atomic mass is 10.3. The molecule has 0 saturated heterocycles. The van der Waals surface area contributed by atoms with Crippen LogP contribution in [0.15, 0.2) is 6.07 Å². The summed E-state index contributed by atoms with van der Waals surface area (Å²) in [5, 5.41) is 0. The van der Waals surface area contributed by atoms with E-state index in [2.05, 4.69) is 0 Å². The zero-order valence-corrected chi connectivity index (χ0v) is 7.42. The SMILES string of the molecule is Cl.Cl.Fc1cc(F)c(F)c(F)c1F. The Balaban J connectivity index is 0. The minimum absolute atomic E-state index is 0. The quantitative estimate of drug-likeness (QED) is 0.371. The molecule has 0 unspecified atom stereocenters. The molecule has 0 aromatic heterocycles. The first kappa shape index (κ1) is 14.9. The summed E-state index contributed by atoms with van der Waals surface area (Å²) < 4.78 is 60.0. The summed E-state index contributed by atoms with van der Waals surface area (Å²) in [6, 6.07) is -0.0618. The molecule has 0 spiro atoms. The highest BCUT2D eigenvalue weighted by atomic mass is 35.5. The van der Waals surface area contributed by atoms with Crippen LogP contribution in [0.4, 0.5) is 22.0 Å². The van der Waals surface area contributed by atoms with E-state index in [0.29, 0.717) is 0 Å². The van der Waals surface area contributed by atoms with Gasteiger partial charge in [-0.15, -0.1) is 24.8 Å². The lowest BCUT2D eigenvalue weighted by molar-refractivity contribution is 0.378. The van der Waals surface area contributed by atoms with E-state index in [9.17, 15) is 22.0 Å². The number of hydrogen-bond donors (Lipinski definition) is 0. The second-order valence-electron chi connectivity index (χ2n) is 1.78. The first-order valence-corrected chi connectivity index (χ1v) is 2.52. The van der Waals surface area contributed by atoms with Gasteiger partial charge < -0.3 is 0 Å². The highest BCUT2D eigenvalue weighted by Gasteiger charge is 2.18. The normalized spacial score (nSPS) is 8.69. The second kappa shape index (κ2) is 5.24. The molecule has 0 aliphatic carbocycles. The third-order valence-corrected chi connectivity index (χ3v) is 1.06. The van der Waals surface area contributed by atoms with Crippen molar-refractivity contribution in [3.05, 3.63) is 35.2 Å². The Bertz CT molecular complexity index is 275. The van der Waals surface area contributed by atoms with Gasteiger partial charge in [-0.3, -0.25) is 0 Å². The van der Waals surface area contributed by atoms with Crippen molar-refractivity contribution in [3.8, 4) is 0 Å². The van der Waals surface area contributed by atoms with Crippen LogP contribution in [0.25, 0.3) is 0 Å². The van der Waals surface area contributed by atoms with Crippen molar-refractivity contribution >= 4 is 24.8 Å². The van der Waals surface area contributed by atoms with Crippen LogP contribution in [0.2, 0.25) is 0 Å². The summed E-state index contributed by atoms with van der Waals surface area (Å²) in [6.07, 6.45) is 0. The minimum atomic E-state index is -2.14. The van der Waals surface area contributed by atoms with Gasteiger partial charge in [-0.2, -0.15) is 0 Å². The Labute approximate surface area is 82.6 Å². The molecule has 0 bridgehead atoms. The van der Waals surface area contributed by atoms with Gasteiger partial charge in [-0.1, -0.05) is 0 Å². The van der Waals surface area contributed by atoms with Crippen LogP contribution >= 0.6 is 24.8 Å². The molecule has 0 N–H and O–H groups in total. The van der Waals surface area contributed by atoms with Gasteiger partial charge in [-0.25, -0.2) is 22.0 Å². The molecule has 13 heavy (non-hydrogen) atoms. The monoisotopic (exact) mass is 240 g/mol. The van der Waals surface area contributed by atoms with Crippen molar-refractivity contribution in [2.45, 2.75) is 0 Å². The van der Waals surface area contributed by atoms with Crippen LogP contribution < -0.4 is 0 Å². The lowest BCUT2D eigenvalue weighted by Crippen LogP contribution is -1.98. The molecule has 0 radical (unpaired) electrons. The molecule has 0 atom stereocenters. The molecule has 7 heteroatoms. The number of rotatable bonds is 0. The fourth-order valence-electron chi connectivity index (χ4n) is 0.544. The summed E-state index contributed by atoms with van der Waals surface area (Å²) in [4.78, 5) is 0. The molecule has 76 valence electrons. The van der Waals surface area contributed by atoms with Crippen molar-refractivity contribution < 1.29 is 22.0 Å². The molecular weight excluding hydrogens is 238 g/mol. The number of halogens is 7. The minimum Gasteiger partial charge on any atom is -0.204 e. The summed E-state index contributed by atoms with van der Waals surface area (Å²) in [6.45, 7) is 0. The predicted octanol–water partition coefficient (Wildman–Crippen LogP) is 3.23. The Kier molecular flexibility index (Phi) is 6.02. The third-order valence-electron chi connectivity index (χ3n) is 1.06. The lowest BCUT2D eigenvalue weighted by Gasteiger charge is -1.96. The van der Waals surface area contributed by atoms with Crippen LogP contribution in [-0.2, 0) is 0 Å². The largest absolute Gasteiger partial charge is 0.204 e.